The minimum absolute atomic E-state index is 0.0756. The van der Waals surface area contributed by atoms with Crippen molar-refractivity contribution in [2.75, 3.05) is 13.1 Å². The monoisotopic (exact) mass is 398 g/mol. The van der Waals surface area contributed by atoms with Gasteiger partial charge in [0, 0.05) is 25.6 Å². The van der Waals surface area contributed by atoms with Gasteiger partial charge in [-0.2, -0.15) is 0 Å². The molecule has 0 spiro atoms. The molecule has 26 heavy (non-hydrogen) atoms. The van der Waals surface area contributed by atoms with Gasteiger partial charge in [0.25, 0.3) is 0 Å². The fraction of sp³-hybridized carbons (Fsp3) is 0.737. The van der Waals surface area contributed by atoms with Crippen LogP contribution >= 0.6 is 11.3 Å². The molecule has 5 nitrogen and oxygen atoms in total. The predicted octanol–water partition coefficient (Wildman–Crippen LogP) is 3.77. The molecule has 1 aromatic heterocycles. The molecule has 0 unspecified atom stereocenters. The zero-order valence-electron chi connectivity index (χ0n) is 15.4. The molecule has 2 aliphatic rings. The molecule has 7 heteroatoms. The molecule has 1 saturated heterocycles. The van der Waals surface area contributed by atoms with Gasteiger partial charge in [0.05, 0.1) is 0 Å². The van der Waals surface area contributed by atoms with Crippen LogP contribution in [-0.2, 0) is 14.8 Å². The highest BCUT2D eigenvalue weighted by molar-refractivity contribution is 7.91. The van der Waals surface area contributed by atoms with Crippen molar-refractivity contribution in [3.63, 3.8) is 0 Å². The summed E-state index contributed by atoms with van der Waals surface area (Å²) < 4.78 is 27.7. The lowest BCUT2D eigenvalue weighted by Crippen LogP contribution is -2.46. The number of amides is 1. The Labute approximate surface area is 161 Å². The number of hydrogen-bond acceptors (Lipinski definition) is 4. The van der Waals surface area contributed by atoms with Gasteiger partial charge in [0.15, 0.2) is 0 Å². The van der Waals surface area contributed by atoms with Crippen LogP contribution in [0.4, 0.5) is 0 Å². The summed E-state index contributed by atoms with van der Waals surface area (Å²) in [4.78, 5) is 14.3. The van der Waals surface area contributed by atoms with Crippen LogP contribution in [0.25, 0.3) is 0 Å². The molecule has 0 atom stereocenters. The molecule has 1 saturated carbocycles. The Bertz CT molecular complexity index is 659. The Hall–Kier alpha value is -0.920. The summed E-state index contributed by atoms with van der Waals surface area (Å²) in [6.45, 7) is 1.31. The van der Waals surface area contributed by atoms with E-state index in [9.17, 15) is 13.2 Å². The van der Waals surface area contributed by atoms with Crippen LogP contribution in [0, 0.1) is 5.92 Å². The highest BCUT2D eigenvalue weighted by atomic mass is 32.2. The maximum Gasteiger partial charge on any atom is 0.250 e. The van der Waals surface area contributed by atoms with E-state index in [0.717, 1.165) is 12.3 Å². The Morgan fingerprint density at radius 1 is 1.15 bits per heavy atom. The zero-order chi connectivity index (χ0) is 18.4. The SMILES string of the molecule is O=C(CCCC1CCCCC1)N1CCC(NS(=O)(=O)c2cccs2)CC1. The molecular formula is C19H30N2O3S2. The first-order valence-corrected chi connectivity index (χ1v) is 12.2. The number of hydrogen-bond donors (Lipinski definition) is 1. The molecule has 1 aliphatic carbocycles. The maximum absolute atomic E-state index is 12.4. The molecule has 1 N–H and O–H groups in total. The minimum atomic E-state index is -3.42. The van der Waals surface area contributed by atoms with Crippen molar-refractivity contribution in [2.24, 2.45) is 5.92 Å². The van der Waals surface area contributed by atoms with Crippen LogP contribution in [0.2, 0.25) is 0 Å². The average Bonchev–Trinajstić information content (AvgIpc) is 3.19. The Kier molecular flexibility index (Phi) is 7.12. The lowest BCUT2D eigenvalue weighted by atomic mass is 9.86. The van der Waals surface area contributed by atoms with E-state index in [1.807, 2.05) is 4.90 Å². The number of sulfonamides is 1. The second-order valence-corrected chi connectivity index (χ2v) is 10.5. The summed E-state index contributed by atoms with van der Waals surface area (Å²) in [5.41, 5.74) is 0. The average molecular weight is 399 g/mol. The molecule has 146 valence electrons. The zero-order valence-corrected chi connectivity index (χ0v) is 17.0. The fourth-order valence-corrected chi connectivity index (χ4v) is 6.43. The van der Waals surface area contributed by atoms with E-state index in [4.69, 9.17) is 0 Å². The summed E-state index contributed by atoms with van der Waals surface area (Å²) in [5, 5.41) is 1.77. The molecular weight excluding hydrogens is 368 g/mol. The van der Waals surface area contributed by atoms with Crippen LogP contribution in [0.3, 0.4) is 0 Å². The largest absolute Gasteiger partial charge is 0.343 e. The second kappa shape index (κ2) is 9.33. The molecule has 1 amide bonds. The smallest absolute Gasteiger partial charge is 0.250 e. The quantitative estimate of drug-likeness (QED) is 0.760. The molecule has 0 bridgehead atoms. The van der Waals surface area contributed by atoms with E-state index in [-0.39, 0.29) is 11.9 Å². The first-order chi connectivity index (χ1) is 12.5. The van der Waals surface area contributed by atoms with E-state index >= 15 is 0 Å². The van der Waals surface area contributed by atoms with Crippen molar-refractivity contribution in [3.05, 3.63) is 17.5 Å². The maximum atomic E-state index is 12.4. The third-order valence-corrected chi connectivity index (χ3v) is 8.58. The topological polar surface area (TPSA) is 66.5 Å². The van der Waals surface area contributed by atoms with Gasteiger partial charge in [-0.15, -0.1) is 11.3 Å². The van der Waals surface area contributed by atoms with Crippen molar-refractivity contribution in [1.29, 1.82) is 0 Å². The summed E-state index contributed by atoms with van der Waals surface area (Å²) in [5.74, 6) is 1.06. The molecule has 2 fully saturated rings. The Morgan fingerprint density at radius 3 is 2.54 bits per heavy atom. The van der Waals surface area contributed by atoms with Crippen LogP contribution in [0.1, 0.15) is 64.2 Å². The Morgan fingerprint density at radius 2 is 1.88 bits per heavy atom. The van der Waals surface area contributed by atoms with E-state index in [1.165, 1.54) is 49.9 Å². The number of rotatable bonds is 7. The van der Waals surface area contributed by atoms with Crippen LogP contribution < -0.4 is 4.72 Å². The van der Waals surface area contributed by atoms with Crippen molar-refractivity contribution < 1.29 is 13.2 Å². The third-order valence-electron chi connectivity index (χ3n) is 5.66. The number of likely N-dealkylation sites (tertiary alicyclic amines) is 1. The molecule has 0 aromatic carbocycles. The van der Waals surface area contributed by atoms with E-state index in [0.29, 0.717) is 36.6 Å². The second-order valence-electron chi connectivity index (χ2n) is 7.60. The normalized spacial score (nSPS) is 20.4. The summed E-state index contributed by atoms with van der Waals surface area (Å²) in [6, 6.07) is 3.29. The van der Waals surface area contributed by atoms with Gasteiger partial charge in [-0.3, -0.25) is 4.79 Å². The van der Waals surface area contributed by atoms with E-state index < -0.39 is 10.0 Å². The Balaban J connectivity index is 1.37. The summed E-state index contributed by atoms with van der Waals surface area (Å²) in [6.07, 6.45) is 11.0. The highest BCUT2D eigenvalue weighted by Crippen LogP contribution is 2.28. The van der Waals surface area contributed by atoms with Crippen LogP contribution in [0.5, 0.6) is 0 Å². The van der Waals surface area contributed by atoms with Gasteiger partial charge >= 0.3 is 0 Å². The summed E-state index contributed by atoms with van der Waals surface area (Å²) in [7, 11) is -3.42. The van der Waals surface area contributed by atoms with Gasteiger partial charge in [0.2, 0.25) is 15.9 Å². The first kappa shape index (κ1) is 19.8. The first-order valence-electron chi connectivity index (χ1n) is 9.88. The van der Waals surface area contributed by atoms with Gasteiger partial charge in [-0.25, -0.2) is 13.1 Å². The van der Waals surface area contributed by atoms with Crippen LogP contribution in [-0.4, -0.2) is 38.4 Å². The molecule has 0 radical (unpaired) electrons. The standard InChI is InChI=1S/C19H30N2O3S2/c22-18(9-4-8-16-6-2-1-3-7-16)21-13-11-17(12-14-21)20-26(23,24)19-10-5-15-25-19/h5,10,15-17,20H,1-4,6-9,11-14H2. The molecule has 1 aromatic rings. The number of piperidine rings is 1. The molecule has 2 heterocycles. The fourth-order valence-electron chi connectivity index (χ4n) is 4.12. The number of carbonyl (C=O) groups is 1. The number of nitrogens with one attached hydrogen (secondary N) is 1. The van der Waals surface area contributed by atoms with E-state index in [1.54, 1.807) is 17.5 Å². The summed E-state index contributed by atoms with van der Waals surface area (Å²) >= 11 is 1.23. The number of thiophene rings is 1. The minimum Gasteiger partial charge on any atom is -0.343 e. The third kappa shape index (κ3) is 5.54. The van der Waals surface area contributed by atoms with Crippen LogP contribution in [0.15, 0.2) is 21.7 Å². The number of carbonyl (C=O) groups excluding carboxylic acids is 1. The van der Waals surface area contributed by atoms with Crippen molar-refractivity contribution >= 4 is 27.3 Å². The number of nitrogens with zero attached hydrogens (tertiary/aromatic N) is 1. The molecule has 1 aliphatic heterocycles. The van der Waals surface area contributed by atoms with Gasteiger partial charge in [0.1, 0.15) is 4.21 Å². The lowest BCUT2D eigenvalue weighted by molar-refractivity contribution is -0.132. The van der Waals surface area contributed by atoms with Gasteiger partial charge < -0.3 is 4.90 Å². The van der Waals surface area contributed by atoms with Gasteiger partial charge in [-0.1, -0.05) is 38.2 Å². The van der Waals surface area contributed by atoms with E-state index in [2.05, 4.69) is 4.72 Å². The van der Waals surface area contributed by atoms with Crippen molar-refractivity contribution in [2.45, 2.75) is 74.5 Å². The predicted molar refractivity (Wildman–Crippen MR) is 105 cm³/mol. The van der Waals surface area contributed by atoms with Crippen molar-refractivity contribution in [1.82, 2.24) is 9.62 Å². The lowest BCUT2D eigenvalue weighted by Gasteiger charge is -2.32. The van der Waals surface area contributed by atoms with Gasteiger partial charge in [-0.05, 0) is 43.0 Å². The highest BCUT2D eigenvalue weighted by Gasteiger charge is 2.27. The van der Waals surface area contributed by atoms with Crippen molar-refractivity contribution in [3.8, 4) is 0 Å². The molecule has 3 rings (SSSR count).